The van der Waals surface area contributed by atoms with Crippen LogP contribution in [-0.2, 0) is 22.8 Å². The van der Waals surface area contributed by atoms with E-state index < -0.39 is 9.84 Å². The minimum absolute atomic E-state index is 0. The Bertz CT molecular complexity index is 954. The highest BCUT2D eigenvalue weighted by Gasteiger charge is 2.22. The monoisotopic (exact) mass is 394 g/mol. The van der Waals surface area contributed by atoms with E-state index in [1.807, 2.05) is 43.3 Å². The van der Waals surface area contributed by atoms with Crippen molar-refractivity contribution >= 4 is 33.6 Å². The molecule has 25 heavy (non-hydrogen) atoms. The molecule has 0 spiro atoms. The third-order valence-electron chi connectivity index (χ3n) is 3.76. The third-order valence-corrected chi connectivity index (χ3v) is 6.98. The second-order valence-corrected chi connectivity index (χ2v) is 8.66. The molecule has 0 aliphatic rings. The number of benzene rings is 2. The standard InChI is InChI=1S/C18H18N2O2S2.ClH/c1-2-13-8-15(14-6-4-3-5-7-14)10-16(9-13)24(21,22)18-12-20-17(11-19)23-18;/h3-10,12H,2,11,19H2,1H3;1H. The maximum Gasteiger partial charge on any atom is 0.217 e. The first-order chi connectivity index (χ1) is 11.5. The molecule has 2 N–H and O–H groups in total. The van der Waals surface area contributed by atoms with Crippen LogP contribution >= 0.6 is 23.7 Å². The van der Waals surface area contributed by atoms with Crippen LogP contribution in [0.15, 0.2) is 63.8 Å². The lowest BCUT2D eigenvalue weighted by Crippen LogP contribution is -2.01. The first-order valence-corrected chi connectivity index (χ1v) is 9.94. The van der Waals surface area contributed by atoms with Gasteiger partial charge in [-0.15, -0.1) is 23.7 Å². The van der Waals surface area contributed by atoms with E-state index in [9.17, 15) is 8.42 Å². The van der Waals surface area contributed by atoms with Crippen molar-refractivity contribution in [3.05, 3.63) is 65.3 Å². The van der Waals surface area contributed by atoms with Crippen LogP contribution < -0.4 is 5.73 Å². The molecule has 0 aliphatic heterocycles. The van der Waals surface area contributed by atoms with Crippen LogP contribution in [0.3, 0.4) is 0 Å². The Hall–Kier alpha value is -1.73. The van der Waals surface area contributed by atoms with Gasteiger partial charge in [0.15, 0.2) is 0 Å². The zero-order chi connectivity index (χ0) is 17.2. The average molecular weight is 395 g/mol. The quantitative estimate of drug-likeness (QED) is 0.707. The van der Waals surface area contributed by atoms with Crippen molar-refractivity contribution in [1.29, 1.82) is 0 Å². The number of sulfone groups is 1. The minimum Gasteiger partial charge on any atom is -0.325 e. The van der Waals surface area contributed by atoms with E-state index in [-0.39, 0.29) is 23.2 Å². The minimum atomic E-state index is -3.59. The first kappa shape index (κ1) is 19.6. The molecule has 0 fully saturated rings. The molecule has 0 amide bonds. The molecule has 2 aromatic carbocycles. The van der Waals surface area contributed by atoms with E-state index in [2.05, 4.69) is 4.98 Å². The molecular weight excluding hydrogens is 376 g/mol. The Morgan fingerprint density at radius 2 is 1.80 bits per heavy atom. The Morgan fingerprint density at radius 3 is 2.40 bits per heavy atom. The second-order valence-electron chi connectivity index (χ2n) is 5.37. The van der Waals surface area contributed by atoms with E-state index in [4.69, 9.17) is 5.73 Å². The number of nitrogens with zero attached hydrogens (tertiary/aromatic N) is 1. The summed E-state index contributed by atoms with van der Waals surface area (Å²) >= 11 is 1.13. The van der Waals surface area contributed by atoms with Gasteiger partial charge in [0.2, 0.25) is 9.84 Å². The lowest BCUT2D eigenvalue weighted by molar-refractivity contribution is 0.598. The maximum atomic E-state index is 12.9. The van der Waals surface area contributed by atoms with Crippen LogP contribution in [0.2, 0.25) is 0 Å². The molecule has 1 heterocycles. The van der Waals surface area contributed by atoms with Crippen LogP contribution in [0, 0.1) is 0 Å². The van der Waals surface area contributed by atoms with E-state index >= 15 is 0 Å². The van der Waals surface area contributed by atoms with E-state index in [1.54, 1.807) is 12.1 Å². The molecular formula is C18H19ClN2O2S2. The molecule has 0 aliphatic carbocycles. The van der Waals surface area contributed by atoms with Gasteiger partial charge in [-0.05, 0) is 35.2 Å². The van der Waals surface area contributed by atoms with Crippen LogP contribution in [-0.4, -0.2) is 13.4 Å². The van der Waals surface area contributed by atoms with Gasteiger partial charge in [0.25, 0.3) is 0 Å². The van der Waals surface area contributed by atoms with Crippen LogP contribution in [0.25, 0.3) is 11.1 Å². The fourth-order valence-electron chi connectivity index (χ4n) is 2.45. The van der Waals surface area contributed by atoms with Gasteiger partial charge < -0.3 is 5.73 Å². The molecule has 132 valence electrons. The van der Waals surface area contributed by atoms with Crippen molar-refractivity contribution in [2.45, 2.75) is 29.0 Å². The molecule has 1 aromatic heterocycles. The molecule has 3 aromatic rings. The predicted molar refractivity (Wildman–Crippen MR) is 104 cm³/mol. The van der Waals surface area contributed by atoms with Gasteiger partial charge in [-0.25, -0.2) is 13.4 Å². The first-order valence-electron chi connectivity index (χ1n) is 7.64. The Kier molecular flexibility index (Phi) is 6.35. The van der Waals surface area contributed by atoms with Crippen LogP contribution in [0.4, 0.5) is 0 Å². The Morgan fingerprint density at radius 1 is 1.08 bits per heavy atom. The zero-order valence-electron chi connectivity index (χ0n) is 13.7. The van der Waals surface area contributed by atoms with Crippen molar-refractivity contribution in [1.82, 2.24) is 4.98 Å². The number of thiazole rings is 1. The summed E-state index contributed by atoms with van der Waals surface area (Å²) in [5.74, 6) is 0. The summed E-state index contributed by atoms with van der Waals surface area (Å²) in [5, 5.41) is 0.614. The molecule has 0 saturated heterocycles. The maximum absolute atomic E-state index is 12.9. The molecule has 0 unspecified atom stereocenters. The van der Waals surface area contributed by atoms with Gasteiger partial charge in [0.1, 0.15) is 9.22 Å². The lowest BCUT2D eigenvalue weighted by atomic mass is 10.0. The summed E-state index contributed by atoms with van der Waals surface area (Å²) in [6, 6.07) is 15.3. The number of rotatable bonds is 5. The fraction of sp³-hybridized carbons (Fsp3) is 0.167. The summed E-state index contributed by atoms with van der Waals surface area (Å²) in [6.45, 7) is 2.25. The van der Waals surface area contributed by atoms with Gasteiger partial charge in [0.05, 0.1) is 11.1 Å². The van der Waals surface area contributed by atoms with Gasteiger partial charge in [-0.3, -0.25) is 0 Å². The third kappa shape index (κ3) is 4.10. The largest absolute Gasteiger partial charge is 0.325 e. The lowest BCUT2D eigenvalue weighted by Gasteiger charge is -2.09. The van der Waals surface area contributed by atoms with Crippen molar-refractivity contribution in [2.24, 2.45) is 5.73 Å². The highest BCUT2D eigenvalue weighted by atomic mass is 35.5. The molecule has 0 saturated carbocycles. The number of aryl methyl sites for hydroxylation is 1. The van der Waals surface area contributed by atoms with Crippen LogP contribution in [0.1, 0.15) is 17.5 Å². The number of aromatic nitrogens is 1. The van der Waals surface area contributed by atoms with Crippen molar-refractivity contribution < 1.29 is 8.42 Å². The summed E-state index contributed by atoms with van der Waals surface area (Å²) in [4.78, 5) is 4.36. The predicted octanol–water partition coefficient (Wildman–Crippen LogP) is 4.09. The molecule has 0 bridgehead atoms. The summed E-state index contributed by atoms with van der Waals surface area (Å²) in [7, 11) is -3.59. The number of hydrogen-bond donors (Lipinski definition) is 1. The number of hydrogen-bond acceptors (Lipinski definition) is 5. The average Bonchev–Trinajstić information content (AvgIpc) is 3.12. The molecule has 0 atom stereocenters. The van der Waals surface area contributed by atoms with Gasteiger partial charge in [-0.2, -0.15) is 0 Å². The molecule has 7 heteroatoms. The molecule has 4 nitrogen and oxygen atoms in total. The summed E-state index contributed by atoms with van der Waals surface area (Å²) in [5.41, 5.74) is 8.43. The van der Waals surface area contributed by atoms with Crippen molar-refractivity contribution in [3.8, 4) is 11.1 Å². The smallest absolute Gasteiger partial charge is 0.217 e. The van der Waals surface area contributed by atoms with Gasteiger partial charge in [-0.1, -0.05) is 43.3 Å². The SMILES string of the molecule is CCc1cc(-c2ccccc2)cc(S(=O)(=O)c2cnc(CN)s2)c1.Cl. The Balaban J connectivity index is 0.00000225. The second kappa shape index (κ2) is 8.10. The van der Waals surface area contributed by atoms with Gasteiger partial charge in [0, 0.05) is 6.54 Å². The normalized spacial score (nSPS) is 11.1. The van der Waals surface area contributed by atoms with E-state index in [0.717, 1.165) is 34.4 Å². The van der Waals surface area contributed by atoms with E-state index in [0.29, 0.717) is 9.90 Å². The fourth-order valence-corrected chi connectivity index (χ4v) is 5.00. The van der Waals surface area contributed by atoms with Crippen LogP contribution in [0.5, 0.6) is 0 Å². The highest BCUT2D eigenvalue weighted by Crippen LogP contribution is 2.30. The summed E-state index contributed by atoms with van der Waals surface area (Å²) < 4.78 is 26.1. The summed E-state index contributed by atoms with van der Waals surface area (Å²) in [6.07, 6.45) is 2.16. The number of halogens is 1. The van der Waals surface area contributed by atoms with Gasteiger partial charge >= 0.3 is 0 Å². The van der Waals surface area contributed by atoms with Crippen molar-refractivity contribution in [3.63, 3.8) is 0 Å². The highest BCUT2D eigenvalue weighted by molar-refractivity contribution is 7.93. The molecule has 3 rings (SSSR count). The molecule has 0 radical (unpaired) electrons. The number of nitrogens with two attached hydrogens (primary N) is 1. The Labute approximate surface area is 158 Å². The zero-order valence-corrected chi connectivity index (χ0v) is 16.1. The van der Waals surface area contributed by atoms with E-state index in [1.165, 1.54) is 6.20 Å². The van der Waals surface area contributed by atoms with Crippen molar-refractivity contribution in [2.75, 3.05) is 0 Å². The topological polar surface area (TPSA) is 73.0 Å².